The molecule has 1 heterocycles. The Morgan fingerprint density at radius 1 is 1.11 bits per heavy atom. The number of carbonyl (C=O) groups excluding carboxylic acids is 1. The van der Waals surface area contributed by atoms with Gasteiger partial charge in [0, 0.05) is 11.3 Å². The minimum atomic E-state index is -4.46. The van der Waals surface area contributed by atoms with Gasteiger partial charge < -0.3 is 5.32 Å². The van der Waals surface area contributed by atoms with Crippen LogP contribution in [-0.4, -0.2) is 15.7 Å². The molecule has 28 heavy (non-hydrogen) atoms. The first-order valence-corrected chi connectivity index (χ1v) is 8.44. The SMILES string of the molecule is Cc1nn(-c2cccc(C(F)(F)F)c2)c(C)c1CC(=O)Nc1ccccc1F. The quantitative estimate of drug-likeness (QED) is 0.648. The lowest BCUT2D eigenvalue weighted by Crippen LogP contribution is -2.16. The number of benzene rings is 2. The zero-order valence-corrected chi connectivity index (χ0v) is 15.1. The fourth-order valence-electron chi connectivity index (χ4n) is 2.91. The molecule has 0 radical (unpaired) electrons. The van der Waals surface area contributed by atoms with Crippen molar-refractivity contribution in [1.82, 2.24) is 9.78 Å². The van der Waals surface area contributed by atoms with Gasteiger partial charge in [-0.25, -0.2) is 9.07 Å². The number of anilines is 1. The highest BCUT2D eigenvalue weighted by Crippen LogP contribution is 2.31. The van der Waals surface area contributed by atoms with Crippen molar-refractivity contribution in [3.8, 4) is 5.69 Å². The second kappa shape index (κ2) is 7.46. The molecule has 1 amide bonds. The van der Waals surface area contributed by atoms with Crippen LogP contribution < -0.4 is 5.32 Å². The second-order valence-electron chi connectivity index (χ2n) is 6.31. The lowest BCUT2D eigenvalue weighted by Gasteiger charge is -2.10. The third-order valence-electron chi connectivity index (χ3n) is 4.34. The van der Waals surface area contributed by atoms with Crippen molar-refractivity contribution in [2.45, 2.75) is 26.4 Å². The van der Waals surface area contributed by atoms with Gasteiger partial charge in [0.05, 0.1) is 29.1 Å². The fraction of sp³-hybridized carbons (Fsp3) is 0.200. The van der Waals surface area contributed by atoms with Gasteiger partial charge in [-0.15, -0.1) is 0 Å². The van der Waals surface area contributed by atoms with E-state index < -0.39 is 23.5 Å². The Bertz CT molecular complexity index is 1020. The highest BCUT2D eigenvalue weighted by Gasteiger charge is 2.30. The summed E-state index contributed by atoms with van der Waals surface area (Å²) in [4.78, 5) is 12.3. The Kier molecular flexibility index (Phi) is 5.22. The smallest absolute Gasteiger partial charge is 0.323 e. The van der Waals surface area contributed by atoms with Gasteiger partial charge in [-0.05, 0) is 44.2 Å². The van der Waals surface area contributed by atoms with Crippen LogP contribution in [0.4, 0.5) is 23.2 Å². The Balaban J connectivity index is 1.86. The number of amides is 1. The molecule has 146 valence electrons. The van der Waals surface area contributed by atoms with Gasteiger partial charge in [0.2, 0.25) is 5.91 Å². The minimum absolute atomic E-state index is 0.0630. The number of halogens is 4. The third kappa shape index (κ3) is 4.05. The van der Waals surface area contributed by atoms with Crippen molar-refractivity contribution in [2.75, 3.05) is 5.32 Å². The van der Waals surface area contributed by atoms with Crippen LogP contribution in [0.15, 0.2) is 48.5 Å². The Morgan fingerprint density at radius 2 is 1.82 bits per heavy atom. The van der Waals surface area contributed by atoms with E-state index in [1.54, 1.807) is 19.9 Å². The number of nitrogens with one attached hydrogen (secondary N) is 1. The van der Waals surface area contributed by atoms with E-state index in [-0.39, 0.29) is 17.8 Å². The van der Waals surface area contributed by atoms with Crippen LogP contribution in [0.1, 0.15) is 22.5 Å². The Labute approximate surface area is 158 Å². The van der Waals surface area contributed by atoms with Crippen molar-refractivity contribution in [1.29, 1.82) is 0 Å². The maximum absolute atomic E-state index is 13.7. The predicted octanol–water partition coefficient (Wildman–Crippen LogP) is 4.83. The van der Waals surface area contributed by atoms with Crippen molar-refractivity contribution < 1.29 is 22.4 Å². The average Bonchev–Trinajstić information content (AvgIpc) is 2.91. The van der Waals surface area contributed by atoms with E-state index in [4.69, 9.17) is 0 Å². The number of aryl methyl sites for hydroxylation is 1. The molecule has 0 saturated heterocycles. The van der Waals surface area contributed by atoms with E-state index in [9.17, 15) is 22.4 Å². The van der Waals surface area contributed by atoms with E-state index in [2.05, 4.69) is 10.4 Å². The van der Waals surface area contributed by atoms with Gasteiger partial charge in [-0.2, -0.15) is 18.3 Å². The molecule has 0 unspecified atom stereocenters. The molecule has 3 rings (SSSR count). The average molecular weight is 391 g/mol. The van der Waals surface area contributed by atoms with Gasteiger partial charge >= 0.3 is 6.18 Å². The number of hydrogen-bond donors (Lipinski definition) is 1. The molecule has 0 fully saturated rings. The maximum Gasteiger partial charge on any atom is 0.416 e. The number of nitrogens with zero attached hydrogens (tertiary/aromatic N) is 2. The molecule has 0 saturated carbocycles. The highest BCUT2D eigenvalue weighted by atomic mass is 19.4. The van der Waals surface area contributed by atoms with Crippen LogP contribution in [0.5, 0.6) is 0 Å². The summed E-state index contributed by atoms with van der Waals surface area (Å²) in [7, 11) is 0. The molecule has 0 bridgehead atoms. The monoisotopic (exact) mass is 391 g/mol. The summed E-state index contributed by atoms with van der Waals surface area (Å²) in [6.07, 6.45) is -4.54. The normalized spacial score (nSPS) is 11.5. The first-order valence-electron chi connectivity index (χ1n) is 8.44. The van der Waals surface area contributed by atoms with Crippen molar-refractivity contribution in [3.05, 3.63) is 76.9 Å². The van der Waals surface area contributed by atoms with Gasteiger partial charge in [-0.3, -0.25) is 4.79 Å². The summed E-state index contributed by atoms with van der Waals surface area (Å²) in [5, 5.41) is 6.77. The number of rotatable bonds is 4. The van der Waals surface area contributed by atoms with E-state index in [1.807, 2.05) is 0 Å². The van der Waals surface area contributed by atoms with E-state index in [0.717, 1.165) is 12.1 Å². The van der Waals surface area contributed by atoms with Crippen LogP contribution in [0.2, 0.25) is 0 Å². The fourth-order valence-corrected chi connectivity index (χ4v) is 2.91. The minimum Gasteiger partial charge on any atom is -0.323 e. The largest absolute Gasteiger partial charge is 0.416 e. The van der Waals surface area contributed by atoms with Crippen LogP contribution in [0, 0.1) is 19.7 Å². The standard InChI is InChI=1S/C20H17F4N3O/c1-12-16(11-19(28)25-18-9-4-3-8-17(18)21)13(2)27(26-12)15-7-5-6-14(10-15)20(22,23)24/h3-10H,11H2,1-2H3,(H,25,28). The van der Waals surface area contributed by atoms with Gasteiger partial charge in [-0.1, -0.05) is 18.2 Å². The summed E-state index contributed by atoms with van der Waals surface area (Å²) in [6, 6.07) is 10.6. The van der Waals surface area contributed by atoms with Crippen molar-refractivity contribution in [2.24, 2.45) is 0 Å². The summed E-state index contributed by atoms with van der Waals surface area (Å²) < 4.78 is 54.0. The van der Waals surface area contributed by atoms with Crippen LogP contribution in [0.25, 0.3) is 5.69 Å². The molecule has 3 aromatic rings. The molecular formula is C20H17F4N3O. The first kappa shape index (κ1) is 19.6. The molecule has 0 atom stereocenters. The van der Waals surface area contributed by atoms with Gasteiger partial charge in [0.15, 0.2) is 0 Å². The molecule has 4 nitrogen and oxygen atoms in total. The Hall–Kier alpha value is -3.16. The topological polar surface area (TPSA) is 46.9 Å². The number of carbonyl (C=O) groups is 1. The Morgan fingerprint density at radius 3 is 2.50 bits per heavy atom. The van der Waals surface area contributed by atoms with Crippen LogP contribution in [0.3, 0.4) is 0 Å². The molecule has 2 aromatic carbocycles. The molecule has 0 aliphatic heterocycles. The molecule has 8 heteroatoms. The first-order chi connectivity index (χ1) is 13.2. The summed E-state index contributed by atoms with van der Waals surface area (Å²) in [5.41, 5.74) is 1.16. The highest BCUT2D eigenvalue weighted by molar-refractivity contribution is 5.92. The van der Waals surface area contributed by atoms with E-state index in [0.29, 0.717) is 17.0 Å². The number of alkyl halides is 3. The van der Waals surface area contributed by atoms with Gasteiger partial charge in [0.25, 0.3) is 0 Å². The van der Waals surface area contributed by atoms with Crippen molar-refractivity contribution >= 4 is 11.6 Å². The van der Waals surface area contributed by atoms with Gasteiger partial charge in [0.1, 0.15) is 5.82 Å². The van der Waals surface area contributed by atoms with Crippen molar-refractivity contribution in [3.63, 3.8) is 0 Å². The van der Waals surface area contributed by atoms with Crippen LogP contribution >= 0.6 is 0 Å². The molecule has 1 N–H and O–H groups in total. The van der Waals surface area contributed by atoms with E-state index in [1.165, 1.54) is 35.0 Å². The van der Waals surface area contributed by atoms with Crippen LogP contribution in [-0.2, 0) is 17.4 Å². The maximum atomic E-state index is 13.7. The molecule has 0 spiro atoms. The predicted molar refractivity (Wildman–Crippen MR) is 96.8 cm³/mol. The van der Waals surface area contributed by atoms with E-state index >= 15 is 0 Å². The summed E-state index contributed by atoms with van der Waals surface area (Å²) in [6.45, 7) is 3.34. The second-order valence-corrected chi connectivity index (χ2v) is 6.31. The lowest BCUT2D eigenvalue weighted by atomic mass is 10.1. The number of hydrogen-bond acceptors (Lipinski definition) is 2. The number of para-hydroxylation sites is 1. The lowest BCUT2D eigenvalue weighted by molar-refractivity contribution is -0.137. The molecular weight excluding hydrogens is 374 g/mol. The molecule has 0 aliphatic rings. The zero-order valence-electron chi connectivity index (χ0n) is 15.1. The number of aromatic nitrogens is 2. The molecule has 0 aliphatic carbocycles. The summed E-state index contributed by atoms with van der Waals surface area (Å²) in [5.74, 6) is -0.996. The molecule has 1 aromatic heterocycles. The third-order valence-corrected chi connectivity index (χ3v) is 4.34. The zero-order chi connectivity index (χ0) is 20.5. The summed E-state index contributed by atoms with van der Waals surface area (Å²) >= 11 is 0.